The van der Waals surface area contributed by atoms with E-state index in [0.29, 0.717) is 13.2 Å². The van der Waals surface area contributed by atoms with Crippen LogP contribution in [0.25, 0.3) is 10.9 Å². The zero-order valence-corrected chi connectivity index (χ0v) is 12.9. The van der Waals surface area contributed by atoms with Crippen molar-refractivity contribution in [3.8, 4) is 0 Å². The predicted molar refractivity (Wildman–Crippen MR) is 83.5 cm³/mol. The fourth-order valence-corrected chi connectivity index (χ4v) is 3.02. The van der Waals surface area contributed by atoms with E-state index in [1.807, 2.05) is 43.1 Å². The molecule has 1 saturated heterocycles. The normalized spacial score (nSPS) is 22.7. The Labute approximate surface area is 125 Å². The van der Waals surface area contributed by atoms with Crippen LogP contribution >= 0.6 is 0 Å². The number of benzene rings is 1. The number of rotatable bonds is 2. The first-order valence-electron chi connectivity index (χ1n) is 7.62. The average Bonchev–Trinajstić information content (AvgIpc) is 2.88. The van der Waals surface area contributed by atoms with Crippen LogP contribution in [-0.2, 0) is 11.3 Å². The maximum Gasteiger partial charge on any atom is 0.256 e. The number of carbonyl (C=O) groups is 1. The fraction of sp³-hybridized carbons (Fsp3) is 0.471. The zero-order chi connectivity index (χ0) is 15.0. The van der Waals surface area contributed by atoms with E-state index in [1.54, 1.807) is 0 Å². The summed E-state index contributed by atoms with van der Waals surface area (Å²) in [5, 5.41) is 1.04. The molecule has 0 radical (unpaired) electrons. The van der Waals surface area contributed by atoms with Crippen molar-refractivity contribution in [3.63, 3.8) is 0 Å². The van der Waals surface area contributed by atoms with Gasteiger partial charge < -0.3 is 14.2 Å². The molecular formula is C17H22N2O2. The van der Waals surface area contributed by atoms with Crippen LogP contribution in [0.4, 0.5) is 0 Å². The molecule has 1 aliphatic rings. The number of aromatic nitrogens is 1. The van der Waals surface area contributed by atoms with Gasteiger partial charge in [0, 0.05) is 30.2 Å². The largest absolute Gasteiger partial charge is 0.375 e. The van der Waals surface area contributed by atoms with Crippen LogP contribution in [0.5, 0.6) is 0 Å². The number of hydrogen-bond donors (Lipinski definition) is 0. The summed E-state index contributed by atoms with van der Waals surface area (Å²) in [5.41, 5.74) is 1.92. The first kappa shape index (κ1) is 14.1. The summed E-state index contributed by atoms with van der Waals surface area (Å²) in [6, 6.07) is 8.23. The molecule has 1 aromatic carbocycles. The lowest BCUT2D eigenvalue weighted by Gasteiger charge is -2.36. The molecular weight excluding hydrogens is 264 g/mol. The lowest BCUT2D eigenvalue weighted by atomic mass is 10.1. The standard InChI is InChI=1S/C17H22N2O2/c1-4-18-10-15(14-7-5-6-8-16(14)18)17(20)19-9-13(3)21-11-12(19)2/h5-8,10,12-13H,4,9,11H2,1-3H3/t12-,13-/m1/s1. The van der Waals surface area contributed by atoms with Crippen LogP contribution in [0.1, 0.15) is 31.1 Å². The van der Waals surface area contributed by atoms with Gasteiger partial charge in [-0.15, -0.1) is 0 Å². The molecule has 4 heteroatoms. The molecule has 0 saturated carbocycles. The summed E-state index contributed by atoms with van der Waals surface area (Å²) in [7, 11) is 0. The molecule has 1 aliphatic heterocycles. The molecule has 1 fully saturated rings. The highest BCUT2D eigenvalue weighted by atomic mass is 16.5. The van der Waals surface area contributed by atoms with E-state index in [0.717, 1.165) is 23.0 Å². The molecule has 1 aromatic heterocycles. The highest BCUT2D eigenvalue weighted by Crippen LogP contribution is 2.24. The molecule has 0 aliphatic carbocycles. The van der Waals surface area contributed by atoms with Gasteiger partial charge in [-0.1, -0.05) is 18.2 Å². The molecule has 3 rings (SSSR count). The molecule has 21 heavy (non-hydrogen) atoms. The van der Waals surface area contributed by atoms with Crippen LogP contribution in [0.15, 0.2) is 30.5 Å². The fourth-order valence-electron chi connectivity index (χ4n) is 3.02. The van der Waals surface area contributed by atoms with Crippen molar-refractivity contribution >= 4 is 16.8 Å². The number of aryl methyl sites for hydroxylation is 1. The summed E-state index contributed by atoms with van der Waals surface area (Å²) in [6.45, 7) is 8.29. The molecule has 2 heterocycles. The number of nitrogens with zero attached hydrogens (tertiary/aromatic N) is 2. The minimum absolute atomic E-state index is 0.102. The smallest absolute Gasteiger partial charge is 0.256 e. The Morgan fingerprint density at radius 3 is 2.86 bits per heavy atom. The molecule has 112 valence electrons. The Bertz CT molecular complexity index is 662. The number of morpholine rings is 1. The zero-order valence-electron chi connectivity index (χ0n) is 12.9. The van der Waals surface area contributed by atoms with E-state index in [9.17, 15) is 4.79 Å². The maximum atomic E-state index is 13.0. The molecule has 0 N–H and O–H groups in total. The number of ether oxygens (including phenoxy) is 1. The van der Waals surface area contributed by atoms with Gasteiger partial charge in [-0.25, -0.2) is 0 Å². The quantitative estimate of drug-likeness (QED) is 0.850. The second-order valence-electron chi connectivity index (χ2n) is 5.80. The Morgan fingerprint density at radius 1 is 1.33 bits per heavy atom. The molecule has 4 nitrogen and oxygen atoms in total. The second kappa shape index (κ2) is 5.53. The Morgan fingerprint density at radius 2 is 2.10 bits per heavy atom. The predicted octanol–water partition coefficient (Wildman–Crippen LogP) is 2.91. The van der Waals surface area contributed by atoms with E-state index < -0.39 is 0 Å². The van der Waals surface area contributed by atoms with Gasteiger partial charge in [0.05, 0.1) is 24.3 Å². The maximum absolute atomic E-state index is 13.0. The molecule has 2 aromatic rings. The molecule has 0 unspecified atom stereocenters. The van der Waals surface area contributed by atoms with Gasteiger partial charge in [-0.2, -0.15) is 0 Å². The van der Waals surface area contributed by atoms with Crippen molar-refractivity contribution in [1.82, 2.24) is 9.47 Å². The summed E-state index contributed by atoms with van der Waals surface area (Å²) < 4.78 is 7.76. The minimum Gasteiger partial charge on any atom is -0.375 e. The number of hydrogen-bond acceptors (Lipinski definition) is 2. The Hall–Kier alpha value is -1.81. The van der Waals surface area contributed by atoms with E-state index in [4.69, 9.17) is 4.74 Å². The first-order valence-corrected chi connectivity index (χ1v) is 7.62. The van der Waals surface area contributed by atoms with E-state index in [1.165, 1.54) is 0 Å². The van der Waals surface area contributed by atoms with Gasteiger partial charge in [0.2, 0.25) is 0 Å². The van der Waals surface area contributed by atoms with E-state index in [-0.39, 0.29) is 18.1 Å². The molecule has 0 spiro atoms. The lowest BCUT2D eigenvalue weighted by molar-refractivity contribution is -0.0386. The van der Waals surface area contributed by atoms with Crippen molar-refractivity contribution in [2.24, 2.45) is 0 Å². The third-order valence-electron chi connectivity index (χ3n) is 4.23. The number of carbonyl (C=O) groups excluding carboxylic acids is 1. The van der Waals surface area contributed by atoms with Crippen molar-refractivity contribution < 1.29 is 9.53 Å². The minimum atomic E-state index is 0.102. The van der Waals surface area contributed by atoms with Crippen molar-refractivity contribution in [3.05, 3.63) is 36.0 Å². The Balaban J connectivity index is 2.01. The summed E-state index contributed by atoms with van der Waals surface area (Å²) in [5.74, 6) is 0.112. The third kappa shape index (κ3) is 2.44. The van der Waals surface area contributed by atoms with Crippen LogP contribution in [-0.4, -0.2) is 40.7 Å². The van der Waals surface area contributed by atoms with Gasteiger partial charge in [-0.05, 0) is 26.8 Å². The van der Waals surface area contributed by atoms with Crippen LogP contribution in [0.2, 0.25) is 0 Å². The monoisotopic (exact) mass is 286 g/mol. The average molecular weight is 286 g/mol. The number of para-hydroxylation sites is 1. The highest BCUT2D eigenvalue weighted by Gasteiger charge is 2.29. The molecule has 2 atom stereocenters. The summed E-state index contributed by atoms with van der Waals surface area (Å²) in [6.07, 6.45) is 2.09. The van der Waals surface area contributed by atoms with Gasteiger partial charge in [0.1, 0.15) is 0 Å². The van der Waals surface area contributed by atoms with Gasteiger partial charge in [0.15, 0.2) is 0 Å². The number of fused-ring (bicyclic) bond motifs is 1. The van der Waals surface area contributed by atoms with E-state index >= 15 is 0 Å². The SMILES string of the molecule is CCn1cc(C(=O)N2C[C@@H](C)OC[C@H]2C)c2ccccc21. The van der Waals surface area contributed by atoms with Crippen molar-refractivity contribution in [1.29, 1.82) is 0 Å². The summed E-state index contributed by atoms with van der Waals surface area (Å²) in [4.78, 5) is 14.9. The second-order valence-corrected chi connectivity index (χ2v) is 5.80. The molecule has 0 bridgehead atoms. The highest BCUT2D eigenvalue weighted by molar-refractivity contribution is 6.07. The lowest BCUT2D eigenvalue weighted by Crippen LogP contribution is -2.50. The van der Waals surface area contributed by atoms with E-state index in [2.05, 4.69) is 17.6 Å². The topological polar surface area (TPSA) is 34.5 Å². The van der Waals surface area contributed by atoms with Crippen LogP contribution in [0, 0.1) is 0 Å². The van der Waals surface area contributed by atoms with Crippen LogP contribution < -0.4 is 0 Å². The third-order valence-corrected chi connectivity index (χ3v) is 4.23. The molecule has 1 amide bonds. The van der Waals surface area contributed by atoms with Crippen molar-refractivity contribution in [2.75, 3.05) is 13.2 Å². The van der Waals surface area contributed by atoms with Crippen LogP contribution in [0.3, 0.4) is 0 Å². The van der Waals surface area contributed by atoms with Gasteiger partial charge in [0.25, 0.3) is 5.91 Å². The summed E-state index contributed by atoms with van der Waals surface area (Å²) >= 11 is 0. The number of amides is 1. The van der Waals surface area contributed by atoms with Gasteiger partial charge >= 0.3 is 0 Å². The van der Waals surface area contributed by atoms with Crippen molar-refractivity contribution in [2.45, 2.75) is 39.5 Å². The van der Waals surface area contributed by atoms with Gasteiger partial charge in [-0.3, -0.25) is 4.79 Å². The Kier molecular flexibility index (Phi) is 3.72. The first-order chi connectivity index (χ1) is 10.1.